The van der Waals surface area contributed by atoms with E-state index in [0.29, 0.717) is 6.04 Å². The maximum atomic E-state index is 4.15. The second-order valence-corrected chi connectivity index (χ2v) is 4.78. The Balaban J connectivity index is 0.00000324. The molecule has 0 amide bonds. The highest BCUT2D eigenvalue weighted by atomic mass is 127. The first-order valence-electron chi connectivity index (χ1n) is 6.41. The van der Waals surface area contributed by atoms with Crippen molar-refractivity contribution in [2.24, 2.45) is 4.99 Å². The highest BCUT2D eigenvalue weighted by Crippen LogP contribution is 2.22. The standard InChI is InChI=1S/C13H24N4S.HI/c1-5-17(6-2)12(11-7-8-18-10-11)9-16-13(14-3)15-4;/h7-8,10,12H,5-6,9H2,1-4H3,(H2,14,15,16);1H. The Labute approximate surface area is 137 Å². The van der Waals surface area contributed by atoms with Crippen LogP contribution in [0, 0.1) is 0 Å². The molecule has 0 aromatic carbocycles. The van der Waals surface area contributed by atoms with Crippen molar-refractivity contribution < 1.29 is 0 Å². The van der Waals surface area contributed by atoms with E-state index in [-0.39, 0.29) is 24.0 Å². The van der Waals surface area contributed by atoms with Crippen molar-refractivity contribution in [3.05, 3.63) is 22.4 Å². The topological polar surface area (TPSA) is 39.7 Å². The zero-order valence-electron chi connectivity index (χ0n) is 12.1. The van der Waals surface area contributed by atoms with Crippen LogP contribution in [0.4, 0.5) is 0 Å². The second-order valence-electron chi connectivity index (χ2n) is 4.00. The lowest BCUT2D eigenvalue weighted by molar-refractivity contribution is 0.219. The van der Waals surface area contributed by atoms with E-state index < -0.39 is 0 Å². The lowest BCUT2D eigenvalue weighted by Gasteiger charge is -2.29. The maximum Gasteiger partial charge on any atom is 0.190 e. The molecule has 110 valence electrons. The highest BCUT2D eigenvalue weighted by molar-refractivity contribution is 14.0. The van der Waals surface area contributed by atoms with Gasteiger partial charge in [0.25, 0.3) is 0 Å². The quantitative estimate of drug-likeness (QED) is 0.441. The number of rotatable bonds is 6. The molecule has 6 heteroatoms. The molecule has 2 N–H and O–H groups in total. The van der Waals surface area contributed by atoms with E-state index in [1.54, 1.807) is 18.4 Å². The van der Waals surface area contributed by atoms with Gasteiger partial charge in [-0.05, 0) is 35.5 Å². The summed E-state index contributed by atoms with van der Waals surface area (Å²) in [5, 5.41) is 10.8. The van der Waals surface area contributed by atoms with Crippen LogP contribution in [-0.4, -0.2) is 44.6 Å². The van der Waals surface area contributed by atoms with Crippen LogP contribution in [0.1, 0.15) is 25.5 Å². The third-order valence-corrected chi connectivity index (χ3v) is 3.81. The van der Waals surface area contributed by atoms with Crippen LogP contribution in [0.15, 0.2) is 21.8 Å². The molecule has 1 unspecified atom stereocenters. The van der Waals surface area contributed by atoms with Crippen LogP contribution in [0.5, 0.6) is 0 Å². The summed E-state index contributed by atoms with van der Waals surface area (Å²) in [6.45, 7) is 7.38. The largest absolute Gasteiger partial charge is 0.359 e. The van der Waals surface area contributed by atoms with Crippen LogP contribution in [0.3, 0.4) is 0 Å². The van der Waals surface area contributed by atoms with Crippen molar-refractivity contribution in [3.8, 4) is 0 Å². The molecule has 0 fully saturated rings. The molecule has 0 spiro atoms. The molecule has 0 saturated heterocycles. The minimum atomic E-state index is 0. The number of thiophene rings is 1. The zero-order chi connectivity index (χ0) is 13.4. The fourth-order valence-electron chi connectivity index (χ4n) is 2.06. The van der Waals surface area contributed by atoms with Crippen LogP contribution in [0.2, 0.25) is 0 Å². The minimum absolute atomic E-state index is 0. The van der Waals surface area contributed by atoms with Gasteiger partial charge in [-0.3, -0.25) is 9.89 Å². The monoisotopic (exact) mass is 396 g/mol. The summed E-state index contributed by atoms with van der Waals surface area (Å²) in [7, 11) is 3.67. The Bertz CT molecular complexity index is 350. The normalized spacial score (nSPS) is 13.0. The van der Waals surface area contributed by atoms with Crippen LogP contribution >= 0.6 is 35.3 Å². The fraction of sp³-hybridized carbons (Fsp3) is 0.615. The number of aliphatic imine (C=N–C) groups is 1. The van der Waals surface area contributed by atoms with Crippen LogP contribution in [0.25, 0.3) is 0 Å². The Morgan fingerprint density at radius 3 is 2.53 bits per heavy atom. The molecular weight excluding hydrogens is 371 g/mol. The molecule has 1 atom stereocenters. The molecule has 1 rings (SSSR count). The number of hydrogen-bond donors (Lipinski definition) is 2. The van der Waals surface area contributed by atoms with E-state index in [4.69, 9.17) is 0 Å². The van der Waals surface area contributed by atoms with E-state index in [1.807, 2.05) is 7.05 Å². The van der Waals surface area contributed by atoms with Gasteiger partial charge in [-0.1, -0.05) is 13.8 Å². The first kappa shape index (κ1) is 18.7. The number of likely N-dealkylation sites (N-methyl/N-ethyl adjacent to an activating group) is 1. The van der Waals surface area contributed by atoms with E-state index in [0.717, 1.165) is 25.6 Å². The van der Waals surface area contributed by atoms with Gasteiger partial charge in [0.15, 0.2) is 5.96 Å². The smallest absolute Gasteiger partial charge is 0.190 e. The summed E-state index contributed by atoms with van der Waals surface area (Å²) in [6, 6.07) is 2.61. The van der Waals surface area contributed by atoms with Crippen molar-refractivity contribution in [3.63, 3.8) is 0 Å². The van der Waals surface area contributed by atoms with Crippen LogP contribution < -0.4 is 10.6 Å². The summed E-state index contributed by atoms with van der Waals surface area (Å²) in [6.07, 6.45) is 0. The number of nitrogens with zero attached hydrogens (tertiary/aromatic N) is 2. The SMILES string of the molecule is CCN(CC)C(CNC(=NC)NC)c1ccsc1.I. The lowest BCUT2D eigenvalue weighted by Crippen LogP contribution is -2.41. The van der Waals surface area contributed by atoms with Gasteiger partial charge in [-0.25, -0.2) is 0 Å². The van der Waals surface area contributed by atoms with Gasteiger partial charge in [-0.15, -0.1) is 24.0 Å². The Morgan fingerprint density at radius 2 is 2.11 bits per heavy atom. The van der Waals surface area contributed by atoms with Gasteiger partial charge in [0.05, 0.1) is 6.04 Å². The second kappa shape index (κ2) is 10.4. The average Bonchev–Trinajstić information content (AvgIpc) is 2.92. The lowest BCUT2D eigenvalue weighted by atomic mass is 10.1. The van der Waals surface area contributed by atoms with Crippen molar-refractivity contribution in [2.75, 3.05) is 33.7 Å². The first-order valence-corrected chi connectivity index (χ1v) is 7.35. The molecule has 0 aliphatic heterocycles. The maximum absolute atomic E-state index is 4.15. The third-order valence-electron chi connectivity index (χ3n) is 3.10. The highest BCUT2D eigenvalue weighted by Gasteiger charge is 2.18. The molecule has 1 aromatic rings. The predicted octanol–water partition coefficient (Wildman–Crippen LogP) is 2.54. The number of hydrogen-bond acceptors (Lipinski definition) is 3. The minimum Gasteiger partial charge on any atom is -0.359 e. The predicted molar refractivity (Wildman–Crippen MR) is 95.8 cm³/mol. The summed E-state index contributed by atoms with van der Waals surface area (Å²) in [5.74, 6) is 0.836. The number of nitrogens with one attached hydrogen (secondary N) is 2. The molecule has 4 nitrogen and oxygen atoms in total. The number of halogens is 1. The van der Waals surface area contributed by atoms with E-state index >= 15 is 0 Å². The van der Waals surface area contributed by atoms with Crippen molar-refractivity contribution in [1.29, 1.82) is 0 Å². The molecule has 1 heterocycles. The third kappa shape index (κ3) is 5.66. The van der Waals surface area contributed by atoms with E-state index in [1.165, 1.54) is 5.56 Å². The van der Waals surface area contributed by atoms with Gasteiger partial charge in [0, 0.05) is 20.6 Å². The molecule has 0 saturated carbocycles. The van der Waals surface area contributed by atoms with Crippen molar-refractivity contribution >= 4 is 41.3 Å². The van der Waals surface area contributed by atoms with Gasteiger partial charge in [0.2, 0.25) is 0 Å². The van der Waals surface area contributed by atoms with E-state index in [9.17, 15) is 0 Å². The molecule has 19 heavy (non-hydrogen) atoms. The Hall–Kier alpha value is -0.340. The van der Waals surface area contributed by atoms with Gasteiger partial charge >= 0.3 is 0 Å². The average molecular weight is 396 g/mol. The van der Waals surface area contributed by atoms with Crippen LogP contribution in [-0.2, 0) is 0 Å². The van der Waals surface area contributed by atoms with Gasteiger partial charge < -0.3 is 10.6 Å². The first-order chi connectivity index (χ1) is 8.76. The zero-order valence-corrected chi connectivity index (χ0v) is 15.3. The summed E-state index contributed by atoms with van der Waals surface area (Å²) < 4.78 is 0. The number of guanidine groups is 1. The van der Waals surface area contributed by atoms with Gasteiger partial charge in [0.1, 0.15) is 0 Å². The molecule has 0 aliphatic carbocycles. The molecule has 0 radical (unpaired) electrons. The molecule has 0 bridgehead atoms. The molecule has 0 aliphatic rings. The van der Waals surface area contributed by atoms with Gasteiger partial charge in [-0.2, -0.15) is 11.3 Å². The fourth-order valence-corrected chi connectivity index (χ4v) is 2.77. The molecule has 1 aromatic heterocycles. The van der Waals surface area contributed by atoms with Crippen molar-refractivity contribution in [1.82, 2.24) is 15.5 Å². The molecular formula is C13H25IN4S. The summed E-state index contributed by atoms with van der Waals surface area (Å²) in [4.78, 5) is 6.61. The summed E-state index contributed by atoms with van der Waals surface area (Å²) in [5.41, 5.74) is 1.38. The summed E-state index contributed by atoms with van der Waals surface area (Å²) >= 11 is 1.75. The Morgan fingerprint density at radius 1 is 1.42 bits per heavy atom. The Kier molecular flexibility index (Phi) is 10.3. The van der Waals surface area contributed by atoms with Crippen molar-refractivity contribution in [2.45, 2.75) is 19.9 Å². The van der Waals surface area contributed by atoms with E-state index in [2.05, 4.69) is 51.2 Å².